The fourth-order valence-electron chi connectivity index (χ4n) is 3.50. The number of carbonyl (C=O) groups is 2. The van der Waals surface area contributed by atoms with Crippen LogP contribution in [0.1, 0.15) is 45.4 Å². The predicted molar refractivity (Wildman–Crippen MR) is 99.0 cm³/mol. The van der Waals surface area contributed by atoms with Crippen molar-refractivity contribution in [2.75, 3.05) is 16.8 Å². The van der Waals surface area contributed by atoms with Gasteiger partial charge in [-0.1, -0.05) is 18.6 Å². The third-order valence-corrected chi connectivity index (χ3v) is 4.95. The molecule has 1 unspecified atom stereocenters. The van der Waals surface area contributed by atoms with E-state index in [2.05, 4.69) is 11.4 Å². The van der Waals surface area contributed by atoms with Crippen molar-refractivity contribution in [3.05, 3.63) is 40.0 Å². The minimum absolute atomic E-state index is 0.125. The second-order valence-electron chi connectivity index (χ2n) is 6.92. The fraction of sp³-hybridized carbons (Fsp3) is 0.474. The van der Waals surface area contributed by atoms with Crippen molar-refractivity contribution in [1.29, 1.82) is 0 Å². The summed E-state index contributed by atoms with van der Waals surface area (Å²) >= 11 is 0. The van der Waals surface area contributed by atoms with Crippen molar-refractivity contribution in [3.8, 4) is 0 Å². The Morgan fingerprint density at radius 2 is 2.12 bits per heavy atom. The monoisotopic (exact) mass is 357 g/mol. The van der Waals surface area contributed by atoms with Crippen molar-refractivity contribution in [3.63, 3.8) is 0 Å². The Bertz CT molecular complexity index is 772. The van der Waals surface area contributed by atoms with Crippen LogP contribution in [0.15, 0.2) is 29.8 Å². The Balaban J connectivity index is 1.74. The molecule has 1 saturated heterocycles. The highest BCUT2D eigenvalue weighted by Crippen LogP contribution is 2.33. The molecule has 0 spiro atoms. The molecule has 1 heterocycles. The van der Waals surface area contributed by atoms with Crippen LogP contribution in [0.25, 0.3) is 0 Å². The van der Waals surface area contributed by atoms with Crippen LogP contribution in [-0.4, -0.2) is 23.3 Å². The zero-order valence-electron chi connectivity index (χ0n) is 14.9. The van der Waals surface area contributed by atoms with Crippen LogP contribution < -0.4 is 10.2 Å². The molecular weight excluding hydrogens is 334 g/mol. The summed E-state index contributed by atoms with van der Waals surface area (Å²) in [5.41, 5.74) is 1.93. The first-order valence-corrected chi connectivity index (χ1v) is 9.04. The molecule has 1 aromatic carbocycles. The second kappa shape index (κ2) is 7.68. The minimum Gasteiger partial charge on any atom is -0.379 e. The third-order valence-electron chi connectivity index (χ3n) is 4.95. The lowest BCUT2D eigenvalue weighted by Crippen LogP contribution is -2.30. The molecule has 1 aliphatic heterocycles. The molecule has 1 aliphatic carbocycles. The largest absolute Gasteiger partial charge is 0.379 e. The Hall–Kier alpha value is -2.70. The zero-order chi connectivity index (χ0) is 18.7. The molecule has 0 saturated carbocycles. The van der Waals surface area contributed by atoms with E-state index >= 15 is 0 Å². The average molecular weight is 357 g/mol. The van der Waals surface area contributed by atoms with Crippen molar-refractivity contribution < 1.29 is 14.5 Å². The molecule has 1 fully saturated rings. The van der Waals surface area contributed by atoms with E-state index in [9.17, 15) is 19.7 Å². The predicted octanol–water partition coefficient (Wildman–Crippen LogP) is 3.80. The van der Waals surface area contributed by atoms with Crippen LogP contribution in [0.2, 0.25) is 0 Å². The summed E-state index contributed by atoms with van der Waals surface area (Å²) in [6.07, 6.45) is 7.91. The summed E-state index contributed by atoms with van der Waals surface area (Å²) in [7, 11) is 0. The second-order valence-corrected chi connectivity index (χ2v) is 6.92. The van der Waals surface area contributed by atoms with Gasteiger partial charge < -0.3 is 5.32 Å². The number of allylic oxidation sites excluding steroid dienone is 1. The SMILES string of the molecule is CC1CC(=O)N(c2ccc(NCCC3=CCCCC3)c([N+](=O)[O-])c2)C1=O. The molecule has 1 aromatic rings. The number of rotatable bonds is 6. The lowest BCUT2D eigenvalue weighted by molar-refractivity contribution is -0.383. The molecule has 138 valence electrons. The number of hydrogen-bond acceptors (Lipinski definition) is 5. The molecule has 0 aromatic heterocycles. The fourth-order valence-corrected chi connectivity index (χ4v) is 3.50. The van der Waals surface area contributed by atoms with Crippen molar-refractivity contribution in [2.45, 2.75) is 45.4 Å². The molecule has 2 aliphatic rings. The lowest BCUT2D eigenvalue weighted by atomic mass is 9.97. The smallest absolute Gasteiger partial charge is 0.294 e. The first-order valence-electron chi connectivity index (χ1n) is 9.04. The standard InChI is InChI=1S/C19H23N3O4/c1-13-11-18(23)21(19(13)24)15-7-8-16(17(12-15)22(25)26)20-10-9-14-5-3-2-4-6-14/h5,7-8,12-13,20H,2-4,6,9-11H2,1H3. The summed E-state index contributed by atoms with van der Waals surface area (Å²) in [4.78, 5) is 36.2. The highest BCUT2D eigenvalue weighted by Gasteiger charge is 2.37. The molecule has 0 radical (unpaired) electrons. The van der Waals surface area contributed by atoms with Gasteiger partial charge in [-0.15, -0.1) is 0 Å². The van der Waals surface area contributed by atoms with Gasteiger partial charge in [-0.25, -0.2) is 0 Å². The minimum atomic E-state index is -0.486. The molecule has 7 heteroatoms. The van der Waals surface area contributed by atoms with Gasteiger partial charge in [0.15, 0.2) is 0 Å². The van der Waals surface area contributed by atoms with Crippen molar-refractivity contribution in [2.24, 2.45) is 5.92 Å². The van der Waals surface area contributed by atoms with Gasteiger partial charge in [-0.05, 0) is 44.2 Å². The molecule has 1 atom stereocenters. The van der Waals surface area contributed by atoms with Gasteiger partial charge in [-0.3, -0.25) is 24.6 Å². The number of nitro groups is 1. The van der Waals surface area contributed by atoms with Crippen molar-refractivity contribution in [1.82, 2.24) is 0 Å². The highest BCUT2D eigenvalue weighted by atomic mass is 16.6. The molecule has 3 rings (SSSR count). The summed E-state index contributed by atoms with van der Waals surface area (Å²) in [5, 5.41) is 14.6. The van der Waals surface area contributed by atoms with Gasteiger partial charge >= 0.3 is 0 Å². The van der Waals surface area contributed by atoms with Crippen LogP contribution in [0.4, 0.5) is 17.1 Å². The van der Waals surface area contributed by atoms with E-state index in [0.717, 1.165) is 24.2 Å². The van der Waals surface area contributed by atoms with Crippen LogP contribution >= 0.6 is 0 Å². The Morgan fingerprint density at radius 3 is 2.73 bits per heavy atom. The number of imide groups is 1. The Morgan fingerprint density at radius 1 is 1.31 bits per heavy atom. The van der Waals surface area contributed by atoms with E-state index in [1.165, 1.54) is 24.5 Å². The molecule has 26 heavy (non-hydrogen) atoms. The Kier molecular flexibility index (Phi) is 5.35. The van der Waals surface area contributed by atoms with E-state index < -0.39 is 4.92 Å². The van der Waals surface area contributed by atoms with Gasteiger partial charge in [0.2, 0.25) is 11.8 Å². The van der Waals surface area contributed by atoms with Gasteiger partial charge in [0, 0.05) is 24.9 Å². The van der Waals surface area contributed by atoms with Crippen LogP contribution in [-0.2, 0) is 9.59 Å². The number of nitrogens with zero attached hydrogens (tertiary/aromatic N) is 2. The number of nitro benzene ring substituents is 1. The summed E-state index contributed by atoms with van der Waals surface area (Å²) in [5.74, 6) is -1.01. The normalized spacial score (nSPS) is 20.3. The lowest BCUT2D eigenvalue weighted by Gasteiger charge is -2.16. The average Bonchev–Trinajstić information content (AvgIpc) is 2.88. The number of anilines is 2. The molecule has 1 N–H and O–H groups in total. The van der Waals surface area contributed by atoms with E-state index in [0.29, 0.717) is 12.2 Å². The van der Waals surface area contributed by atoms with Crippen LogP contribution in [0, 0.1) is 16.0 Å². The van der Waals surface area contributed by atoms with E-state index in [4.69, 9.17) is 0 Å². The number of amides is 2. The summed E-state index contributed by atoms with van der Waals surface area (Å²) < 4.78 is 0. The van der Waals surface area contributed by atoms with Gasteiger partial charge in [-0.2, -0.15) is 0 Å². The van der Waals surface area contributed by atoms with Gasteiger partial charge in [0.25, 0.3) is 5.69 Å². The Labute approximate surface area is 152 Å². The maximum absolute atomic E-state index is 12.1. The van der Waals surface area contributed by atoms with E-state index in [1.54, 1.807) is 19.1 Å². The van der Waals surface area contributed by atoms with E-state index in [-0.39, 0.29) is 35.5 Å². The molecule has 2 amide bonds. The number of carbonyl (C=O) groups excluding carboxylic acids is 2. The van der Waals surface area contributed by atoms with Gasteiger partial charge in [0.05, 0.1) is 10.6 Å². The van der Waals surface area contributed by atoms with E-state index in [1.807, 2.05) is 0 Å². The van der Waals surface area contributed by atoms with Crippen molar-refractivity contribution >= 4 is 28.9 Å². The van der Waals surface area contributed by atoms with Gasteiger partial charge in [0.1, 0.15) is 5.69 Å². The first kappa shape index (κ1) is 18.1. The highest BCUT2D eigenvalue weighted by molar-refractivity contribution is 6.21. The number of benzene rings is 1. The molecular formula is C19H23N3O4. The summed E-state index contributed by atoms with van der Waals surface area (Å²) in [6, 6.07) is 4.46. The quantitative estimate of drug-likeness (QED) is 0.362. The first-order chi connectivity index (χ1) is 12.5. The van der Waals surface area contributed by atoms with Crippen LogP contribution in [0.5, 0.6) is 0 Å². The summed E-state index contributed by atoms with van der Waals surface area (Å²) in [6.45, 7) is 2.30. The maximum atomic E-state index is 12.1. The number of hydrogen-bond donors (Lipinski definition) is 1. The molecule has 0 bridgehead atoms. The number of nitrogens with one attached hydrogen (secondary N) is 1. The third kappa shape index (κ3) is 3.76. The molecule has 7 nitrogen and oxygen atoms in total. The van der Waals surface area contributed by atoms with Crippen LogP contribution in [0.3, 0.4) is 0 Å². The maximum Gasteiger partial charge on any atom is 0.294 e. The topological polar surface area (TPSA) is 92.6 Å². The zero-order valence-corrected chi connectivity index (χ0v) is 14.9.